The van der Waals surface area contributed by atoms with Crippen LogP contribution in [0.3, 0.4) is 0 Å². The van der Waals surface area contributed by atoms with E-state index in [1.54, 1.807) is 12.5 Å². The molecule has 30 heavy (non-hydrogen) atoms. The van der Waals surface area contributed by atoms with Crippen molar-refractivity contribution in [3.8, 4) is 11.6 Å². The second-order valence-corrected chi connectivity index (χ2v) is 6.96. The predicted octanol–water partition coefficient (Wildman–Crippen LogP) is 2.72. The van der Waals surface area contributed by atoms with Crippen LogP contribution in [0, 0.1) is 6.92 Å². The number of aromatic nitrogens is 4. The molecule has 3 heterocycles. The number of piperazine rings is 1. The number of hydrogen-bond donors (Lipinski definition) is 1. The molecular formula is C21H25N7O2. The monoisotopic (exact) mass is 407 g/mol. The van der Waals surface area contributed by atoms with Crippen LogP contribution < -0.4 is 15.0 Å². The van der Waals surface area contributed by atoms with Crippen molar-refractivity contribution in [3.63, 3.8) is 0 Å². The molecule has 2 amide bonds. The lowest BCUT2D eigenvalue weighted by Gasteiger charge is -2.35. The zero-order valence-electron chi connectivity index (χ0n) is 17.2. The number of urea groups is 1. The van der Waals surface area contributed by atoms with Gasteiger partial charge in [0.05, 0.1) is 6.61 Å². The maximum Gasteiger partial charge on any atom is 0.321 e. The molecular weight excluding hydrogens is 382 g/mol. The number of ether oxygens (including phenoxy) is 1. The molecule has 1 saturated heterocycles. The van der Waals surface area contributed by atoms with E-state index in [1.807, 2.05) is 59.8 Å². The van der Waals surface area contributed by atoms with Gasteiger partial charge >= 0.3 is 6.03 Å². The number of benzene rings is 1. The van der Waals surface area contributed by atoms with Gasteiger partial charge in [-0.2, -0.15) is 0 Å². The predicted molar refractivity (Wildman–Crippen MR) is 114 cm³/mol. The van der Waals surface area contributed by atoms with Gasteiger partial charge in [-0.05, 0) is 38.1 Å². The number of anilines is 2. The Labute approximate surface area is 175 Å². The third-order valence-electron chi connectivity index (χ3n) is 4.89. The molecule has 0 saturated carbocycles. The first-order chi connectivity index (χ1) is 14.6. The van der Waals surface area contributed by atoms with Gasteiger partial charge in [0.2, 0.25) is 0 Å². The van der Waals surface area contributed by atoms with E-state index in [2.05, 4.69) is 25.2 Å². The van der Waals surface area contributed by atoms with E-state index in [1.165, 1.54) is 0 Å². The van der Waals surface area contributed by atoms with Gasteiger partial charge in [0.15, 0.2) is 0 Å². The Balaban J connectivity index is 1.36. The van der Waals surface area contributed by atoms with Crippen LogP contribution in [0.2, 0.25) is 0 Å². The van der Waals surface area contributed by atoms with E-state index < -0.39 is 0 Å². The van der Waals surface area contributed by atoms with E-state index in [4.69, 9.17) is 4.74 Å². The van der Waals surface area contributed by atoms with Gasteiger partial charge in [-0.25, -0.2) is 19.7 Å². The van der Waals surface area contributed by atoms with Crippen LogP contribution in [-0.4, -0.2) is 63.2 Å². The second-order valence-electron chi connectivity index (χ2n) is 6.96. The lowest BCUT2D eigenvalue weighted by Crippen LogP contribution is -2.50. The number of aryl methyl sites for hydroxylation is 1. The molecule has 9 heteroatoms. The first kappa shape index (κ1) is 19.7. The molecule has 0 radical (unpaired) electrons. The summed E-state index contributed by atoms with van der Waals surface area (Å²) in [5, 5.41) is 2.95. The van der Waals surface area contributed by atoms with Gasteiger partial charge in [0.25, 0.3) is 0 Å². The fraction of sp³-hybridized carbons (Fsp3) is 0.333. The van der Waals surface area contributed by atoms with Crippen molar-refractivity contribution in [1.82, 2.24) is 24.4 Å². The smallest absolute Gasteiger partial charge is 0.321 e. The number of hydrogen-bond acceptors (Lipinski definition) is 6. The molecule has 0 unspecified atom stereocenters. The van der Waals surface area contributed by atoms with Crippen LogP contribution in [0.25, 0.3) is 5.82 Å². The van der Waals surface area contributed by atoms with Crippen molar-refractivity contribution in [3.05, 3.63) is 54.9 Å². The Kier molecular flexibility index (Phi) is 5.78. The highest BCUT2D eigenvalue weighted by Gasteiger charge is 2.22. The summed E-state index contributed by atoms with van der Waals surface area (Å²) in [7, 11) is 0. The molecule has 1 N–H and O–H groups in total. The Bertz CT molecular complexity index is 981. The highest BCUT2D eigenvalue weighted by molar-refractivity contribution is 5.89. The highest BCUT2D eigenvalue weighted by Crippen LogP contribution is 2.19. The number of imidazole rings is 1. The molecule has 4 rings (SSSR count). The van der Waals surface area contributed by atoms with Crippen LogP contribution in [0.1, 0.15) is 12.7 Å². The molecule has 2 aromatic heterocycles. The molecule has 0 aliphatic carbocycles. The summed E-state index contributed by atoms with van der Waals surface area (Å²) >= 11 is 0. The normalized spacial score (nSPS) is 13.9. The fourth-order valence-corrected chi connectivity index (χ4v) is 3.37. The van der Waals surface area contributed by atoms with Crippen LogP contribution in [0.5, 0.6) is 5.75 Å². The minimum Gasteiger partial charge on any atom is -0.494 e. The van der Waals surface area contributed by atoms with Crippen molar-refractivity contribution in [2.45, 2.75) is 13.8 Å². The summed E-state index contributed by atoms with van der Waals surface area (Å²) in [6, 6.07) is 9.25. The molecule has 0 spiro atoms. The standard InChI is InChI=1S/C21H25N7O2/c1-3-30-18-6-4-17(5-7-18)25-21(29)27-12-10-26(11-13-27)19-14-20(24-16(2)23-19)28-9-8-22-15-28/h4-9,14-15H,3,10-13H2,1-2H3,(H,25,29). The molecule has 1 aromatic carbocycles. The van der Waals surface area contributed by atoms with Crippen molar-refractivity contribution in [2.75, 3.05) is 43.0 Å². The van der Waals surface area contributed by atoms with Crippen LogP contribution in [0.15, 0.2) is 49.1 Å². The molecule has 9 nitrogen and oxygen atoms in total. The minimum atomic E-state index is -0.100. The largest absolute Gasteiger partial charge is 0.494 e. The molecule has 1 aliphatic rings. The first-order valence-corrected chi connectivity index (χ1v) is 10.00. The highest BCUT2D eigenvalue weighted by atomic mass is 16.5. The zero-order valence-corrected chi connectivity index (χ0v) is 17.2. The second kappa shape index (κ2) is 8.81. The maximum absolute atomic E-state index is 12.6. The summed E-state index contributed by atoms with van der Waals surface area (Å²) in [6.45, 7) is 7.08. The average molecular weight is 407 g/mol. The van der Waals surface area contributed by atoms with Gasteiger partial charge in [-0.3, -0.25) is 4.57 Å². The van der Waals surface area contributed by atoms with Gasteiger partial charge in [-0.1, -0.05) is 0 Å². The molecule has 0 bridgehead atoms. The lowest BCUT2D eigenvalue weighted by atomic mass is 10.3. The number of nitrogens with one attached hydrogen (secondary N) is 1. The van der Waals surface area contributed by atoms with Crippen LogP contribution in [0.4, 0.5) is 16.3 Å². The molecule has 3 aromatic rings. The Morgan fingerprint density at radius 2 is 1.83 bits per heavy atom. The number of rotatable bonds is 5. The van der Waals surface area contributed by atoms with E-state index in [-0.39, 0.29) is 6.03 Å². The maximum atomic E-state index is 12.6. The first-order valence-electron chi connectivity index (χ1n) is 10.00. The Hall–Kier alpha value is -3.62. The van der Waals surface area contributed by atoms with E-state index in [0.29, 0.717) is 38.6 Å². The van der Waals surface area contributed by atoms with Crippen molar-refractivity contribution in [1.29, 1.82) is 0 Å². The summed E-state index contributed by atoms with van der Waals surface area (Å²) < 4.78 is 7.29. The van der Waals surface area contributed by atoms with Crippen LogP contribution in [-0.2, 0) is 0 Å². The summed E-state index contributed by atoms with van der Waals surface area (Å²) in [4.78, 5) is 29.7. The molecule has 0 atom stereocenters. The third-order valence-corrected chi connectivity index (χ3v) is 4.89. The number of carbonyl (C=O) groups is 1. The minimum absolute atomic E-state index is 0.100. The Morgan fingerprint density at radius 3 is 2.50 bits per heavy atom. The zero-order chi connectivity index (χ0) is 20.9. The third kappa shape index (κ3) is 4.51. The van der Waals surface area contributed by atoms with Gasteiger partial charge in [0, 0.05) is 50.3 Å². The van der Waals surface area contributed by atoms with Crippen molar-refractivity contribution >= 4 is 17.5 Å². The van der Waals surface area contributed by atoms with E-state index in [0.717, 1.165) is 23.1 Å². The number of carbonyl (C=O) groups excluding carboxylic acids is 1. The van der Waals surface area contributed by atoms with Crippen molar-refractivity contribution in [2.24, 2.45) is 0 Å². The van der Waals surface area contributed by atoms with E-state index in [9.17, 15) is 4.79 Å². The molecule has 1 aliphatic heterocycles. The Morgan fingerprint density at radius 1 is 1.10 bits per heavy atom. The summed E-state index contributed by atoms with van der Waals surface area (Å²) in [6.07, 6.45) is 5.29. The van der Waals surface area contributed by atoms with Gasteiger partial charge in [0.1, 0.15) is 29.5 Å². The van der Waals surface area contributed by atoms with Gasteiger partial charge in [-0.15, -0.1) is 0 Å². The summed E-state index contributed by atoms with van der Waals surface area (Å²) in [5.74, 6) is 3.13. The topological polar surface area (TPSA) is 88.4 Å². The summed E-state index contributed by atoms with van der Waals surface area (Å²) in [5.41, 5.74) is 0.752. The fourth-order valence-electron chi connectivity index (χ4n) is 3.37. The van der Waals surface area contributed by atoms with Crippen LogP contribution >= 0.6 is 0 Å². The van der Waals surface area contributed by atoms with Gasteiger partial charge < -0.3 is 19.9 Å². The number of amides is 2. The lowest BCUT2D eigenvalue weighted by molar-refractivity contribution is 0.208. The van der Waals surface area contributed by atoms with Crippen molar-refractivity contribution < 1.29 is 9.53 Å². The SMILES string of the molecule is CCOc1ccc(NC(=O)N2CCN(c3cc(-n4ccnc4)nc(C)n3)CC2)cc1. The molecule has 156 valence electrons. The quantitative estimate of drug-likeness (QED) is 0.700. The number of nitrogens with zero attached hydrogens (tertiary/aromatic N) is 6. The molecule has 1 fully saturated rings. The van der Waals surface area contributed by atoms with E-state index >= 15 is 0 Å². The average Bonchev–Trinajstić information content (AvgIpc) is 3.30.